The molecule has 0 amide bonds. The maximum Gasteiger partial charge on any atom is 0.326 e. The molecule has 0 rings (SSSR count). The number of nitrogens with zero attached hydrogens (tertiary/aromatic N) is 1. The highest BCUT2D eigenvalue weighted by molar-refractivity contribution is 6.02. The van der Waals surface area contributed by atoms with Crippen molar-refractivity contribution in [3.05, 3.63) is 10.1 Å². The van der Waals surface area contributed by atoms with E-state index in [2.05, 4.69) is 0 Å². The van der Waals surface area contributed by atoms with E-state index in [4.69, 9.17) is 0 Å². The summed E-state index contributed by atoms with van der Waals surface area (Å²) in [6, 6.07) is -1.67. The van der Waals surface area contributed by atoms with Crippen molar-refractivity contribution in [3.63, 3.8) is 0 Å². The largest absolute Gasteiger partial charge is 0.326 e. The third kappa shape index (κ3) is 1.93. The summed E-state index contributed by atoms with van der Waals surface area (Å²) in [5, 5.41) is 9.95. The zero-order chi connectivity index (χ0) is 8.31. The quantitative estimate of drug-likeness (QED) is 0.313. The van der Waals surface area contributed by atoms with E-state index in [0.717, 1.165) is 13.8 Å². The van der Waals surface area contributed by atoms with Gasteiger partial charge in [0.1, 0.15) is 0 Å². The molecule has 5 nitrogen and oxygen atoms in total. The van der Waals surface area contributed by atoms with E-state index < -0.39 is 22.5 Å². The first-order valence-corrected chi connectivity index (χ1v) is 2.61. The van der Waals surface area contributed by atoms with Crippen LogP contribution in [0.4, 0.5) is 0 Å². The summed E-state index contributed by atoms with van der Waals surface area (Å²) in [6.07, 6.45) is 0. The second-order valence-corrected chi connectivity index (χ2v) is 1.91. The van der Waals surface area contributed by atoms with Crippen LogP contribution in [0.2, 0.25) is 0 Å². The van der Waals surface area contributed by atoms with Crippen LogP contribution in [0.1, 0.15) is 13.8 Å². The Morgan fingerprint density at radius 1 is 1.30 bits per heavy atom. The van der Waals surface area contributed by atoms with E-state index in [-0.39, 0.29) is 0 Å². The van der Waals surface area contributed by atoms with Crippen molar-refractivity contribution in [3.8, 4) is 0 Å². The van der Waals surface area contributed by atoms with Crippen molar-refractivity contribution in [2.45, 2.75) is 19.9 Å². The van der Waals surface area contributed by atoms with Gasteiger partial charge < -0.3 is 0 Å². The van der Waals surface area contributed by atoms with Gasteiger partial charge in [0.05, 0.1) is 0 Å². The molecule has 0 radical (unpaired) electrons. The van der Waals surface area contributed by atoms with Crippen molar-refractivity contribution in [2.24, 2.45) is 0 Å². The van der Waals surface area contributed by atoms with Crippen LogP contribution in [-0.2, 0) is 9.59 Å². The highest BCUT2D eigenvalue weighted by Crippen LogP contribution is 1.92. The average Bonchev–Trinajstić information content (AvgIpc) is 1.59. The van der Waals surface area contributed by atoms with E-state index in [1.165, 1.54) is 0 Å². The Bertz CT molecular complexity index is 153. The predicted octanol–water partition coefficient (Wildman–Crippen LogP) is -0.190. The van der Waals surface area contributed by atoms with Gasteiger partial charge in [0, 0.05) is 18.8 Å². The molecule has 0 aromatic rings. The maximum absolute atomic E-state index is 10.4. The third-order valence-corrected chi connectivity index (χ3v) is 0.981. The number of carbonyl (C=O) groups excluding carboxylic acids is 2. The molecule has 0 bridgehead atoms. The van der Waals surface area contributed by atoms with Crippen LogP contribution in [0, 0.1) is 10.1 Å². The summed E-state index contributed by atoms with van der Waals surface area (Å²) in [5.74, 6) is -1.45. The van der Waals surface area contributed by atoms with Crippen molar-refractivity contribution >= 4 is 11.6 Å². The topological polar surface area (TPSA) is 77.3 Å². The smallest absolute Gasteiger partial charge is 0.292 e. The molecule has 0 aliphatic carbocycles. The molecule has 0 saturated carbocycles. The number of nitro groups is 1. The van der Waals surface area contributed by atoms with Crippen molar-refractivity contribution in [1.29, 1.82) is 0 Å². The minimum absolute atomic E-state index is 0.725. The summed E-state index contributed by atoms with van der Waals surface area (Å²) in [5.41, 5.74) is 0. The molecular formula is C5H7NO4. The molecule has 0 heterocycles. The van der Waals surface area contributed by atoms with Gasteiger partial charge in [0.2, 0.25) is 11.6 Å². The van der Waals surface area contributed by atoms with Gasteiger partial charge in [-0.05, 0) is 0 Å². The lowest BCUT2D eigenvalue weighted by Crippen LogP contribution is -2.34. The Labute approximate surface area is 57.2 Å². The molecule has 5 heteroatoms. The normalized spacial score (nSPS) is 9.50. The van der Waals surface area contributed by atoms with Crippen LogP contribution in [0.3, 0.4) is 0 Å². The van der Waals surface area contributed by atoms with E-state index in [9.17, 15) is 19.7 Å². The molecular weight excluding hydrogens is 138 g/mol. The first kappa shape index (κ1) is 8.74. The molecule has 0 spiro atoms. The van der Waals surface area contributed by atoms with E-state index in [1.54, 1.807) is 0 Å². The number of ketones is 2. The van der Waals surface area contributed by atoms with Crippen LogP contribution in [0.15, 0.2) is 0 Å². The van der Waals surface area contributed by atoms with Crippen molar-refractivity contribution < 1.29 is 14.5 Å². The first-order chi connectivity index (χ1) is 4.46. The van der Waals surface area contributed by atoms with Gasteiger partial charge in [-0.25, -0.2) is 0 Å². The lowest BCUT2D eigenvalue weighted by Gasteiger charge is -1.98. The van der Waals surface area contributed by atoms with E-state index in [0.29, 0.717) is 0 Å². The van der Waals surface area contributed by atoms with Crippen LogP contribution in [0.25, 0.3) is 0 Å². The number of carbonyl (C=O) groups is 2. The molecule has 10 heavy (non-hydrogen) atoms. The molecule has 0 saturated heterocycles. The molecule has 0 unspecified atom stereocenters. The highest BCUT2D eigenvalue weighted by Gasteiger charge is 2.30. The average molecular weight is 145 g/mol. The predicted molar refractivity (Wildman–Crippen MR) is 32.1 cm³/mol. The lowest BCUT2D eigenvalue weighted by atomic mass is 10.1. The fourth-order valence-corrected chi connectivity index (χ4v) is 0.583. The van der Waals surface area contributed by atoms with E-state index in [1.807, 2.05) is 0 Å². The summed E-state index contributed by atoms with van der Waals surface area (Å²) in [6.45, 7) is 2.05. The zero-order valence-electron chi connectivity index (χ0n) is 5.66. The zero-order valence-corrected chi connectivity index (χ0v) is 5.66. The Hall–Kier alpha value is -1.26. The highest BCUT2D eigenvalue weighted by atomic mass is 16.6. The summed E-state index contributed by atoms with van der Waals surface area (Å²) in [7, 11) is 0. The second kappa shape index (κ2) is 3.05. The molecule has 0 fully saturated rings. The Morgan fingerprint density at radius 2 is 1.60 bits per heavy atom. The minimum atomic E-state index is -1.67. The number of Topliss-reactive ketones (excluding diaryl/α,β-unsaturated/α-hetero) is 2. The van der Waals surface area contributed by atoms with Crippen LogP contribution in [0.5, 0.6) is 0 Å². The minimum Gasteiger partial charge on any atom is -0.292 e. The molecule has 56 valence electrons. The van der Waals surface area contributed by atoms with Crippen LogP contribution in [-0.4, -0.2) is 22.5 Å². The van der Waals surface area contributed by atoms with Crippen LogP contribution >= 0.6 is 0 Å². The fraction of sp³-hybridized carbons (Fsp3) is 0.600. The summed E-state index contributed by atoms with van der Waals surface area (Å²) >= 11 is 0. The molecule has 0 aromatic heterocycles. The van der Waals surface area contributed by atoms with E-state index >= 15 is 0 Å². The monoisotopic (exact) mass is 145 g/mol. The Kier molecular flexibility index (Phi) is 2.66. The molecule has 0 aromatic carbocycles. The first-order valence-electron chi connectivity index (χ1n) is 2.61. The molecule has 0 atom stereocenters. The second-order valence-electron chi connectivity index (χ2n) is 1.91. The van der Waals surface area contributed by atoms with Gasteiger partial charge in [-0.15, -0.1) is 0 Å². The summed E-state index contributed by atoms with van der Waals surface area (Å²) < 4.78 is 0. The molecule has 0 aliphatic rings. The van der Waals surface area contributed by atoms with Crippen molar-refractivity contribution in [2.75, 3.05) is 0 Å². The van der Waals surface area contributed by atoms with Crippen molar-refractivity contribution in [1.82, 2.24) is 0 Å². The fourth-order valence-electron chi connectivity index (χ4n) is 0.583. The van der Waals surface area contributed by atoms with Crippen LogP contribution < -0.4 is 0 Å². The van der Waals surface area contributed by atoms with Gasteiger partial charge in [-0.2, -0.15) is 0 Å². The van der Waals surface area contributed by atoms with Gasteiger partial charge in [0.25, 0.3) is 0 Å². The Balaban J connectivity index is 4.43. The molecule has 0 N–H and O–H groups in total. The SMILES string of the molecule is CC(=O)C(C(C)=O)[N+](=O)[O-]. The van der Waals surface area contributed by atoms with Gasteiger partial charge in [0.15, 0.2) is 0 Å². The standard InChI is InChI=1S/C5H7NO4/c1-3(7)5(4(2)8)6(9)10/h5H,1-2H3. The third-order valence-electron chi connectivity index (χ3n) is 0.981. The van der Waals surface area contributed by atoms with Gasteiger partial charge in [-0.1, -0.05) is 0 Å². The number of hydrogen-bond donors (Lipinski definition) is 0. The lowest BCUT2D eigenvalue weighted by molar-refractivity contribution is -0.492. The molecule has 0 aliphatic heterocycles. The number of rotatable bonds is 3. The maximum atomic E-state index is 10.4. The van der Waals surface area contributed by atoms with Gasteiger partial charge >= 0.3 is 6.04 Å². The Morgan fingerprint density at radius 3 is 1.60 bits per heavy atom. The number of hydrogen-bond acceptors (Lipinski definition) is 4. The van der Waals surface area contributed by atoms with Gasteiger partial charge in [-0.3, -0.25) is 19.7 Å². The summed E-state index contributed by atoms with van der Waals surface area (Å²) in [4.78, 5) is 29.8.